The molecule has 4 nitrogen and oxygen atoms in total. The zero-order chi connectivity index (χ0) is 15.0. The van der Waals surface area contributed by atoms with Crippen LogP contribution in [-0.4, -0.2) is 32.9 Å². The van der Waals surface area contributed by atoms with Gasteiger partial charge in [0.05, 0.1) is 32.5 Å². The zero-order valence-electron chi connectivity index (χ0n) is 12.1. The molecule has 0 aliphatic carbocycles. The molecule has 0 saturated heterocycles. The van der Waals surface area contributed by atoms with Crippen molar-refractivity contribution < 1.29 is 19.0 Å². The number of benzene rings is 1. The maximum atomic E-state index is 11.4. The van der Waals surface area contributed by atoms with E-state index < -0.39 is 0 Å². The van der Waals surface area contributed by atoms with E-state index in [4.69, 9.17) is 9.47 Å². The molecule has 5 heteroatoms. The molecule has 112 valence electrons. The highest BCUT2D eigenvalue weighted by atomic mass is 79.9. The molecule has 0 aromatic heterocycles. The summed E-state index contributed by atoms with van der Waals surface area (Å²) in [4.78, 5) is 11.4. The summed E-state index contributed by atoms with van der Waals surface area (Å²) in [6.07, 6.45) is 0. The molecule has 0 unspecified atom stereocenters. The summed E-state index contributed by atoms with van der Waals surface area (Å²) in [5, 5.41) is 0. The van der Waals surface area contributed by atoms with Crippen LogP contribution in [0.4, 0.5) is 0 Å². The highest BCUT2D eigenvalue weighted by Crippen LogP contribution is 2.20. The monoisotopic (exact) mass is 344 g/mol. The van der Waals surface area contributed by atoms with E-state index in [-0.39, 0.29) is 5.97 Å². The second-order valence-corrected chi connectivity index (χ2v) is 5.67. The first-order chi connectivity index (χ1) is 9.54. The molecule has 0 heterocycles. The Hall–Kier alpha value is -0.910. The summed E-state index contributed by atoms with van der Waals surface area (Å²) in [6, 6.07) is 5.32. The van der Waals surface area contributed by atoms with Gasteiger partial charge in [-0.1, -0.05) is 35.8 Å². The van der Waals surface area contributed by atoms with E-state index in [1.54, 1.807) is 12.1 Å². The molecule has 0 saturated carbocycles. The number of methoxy groups -OCH3 is 1. The van der Waals surface area contributed by atoms with Crippen molar-refractivity contribution in [2.75, 3.05) is 26.9 Å². The van der Waals surface area contributed by atoms with Gasteiger partial charge in [-0.25, -0.2) is 4.79 Å². The topological polar surface area (TPSA) is 44.8 Å². The van der Waals surface area contributed by atoms with Crippen molar-refractivity contribution in [3.63, 3.8) is 0 Å². The zero-order valence-corrected chi connectivity index (χ0v) is 13.7. The average Bonchev–Trinajstić information content (AvgIpc) is 2.42. The summed E-state index contributed by atoms with van der Waals surface area (Å²) in [5.41, 5.74) is 1.50. The van der Waals surface area contributed by atoms with Crippen LogP contribution in [0.1, 0.15) is 29.8 Å². The molecule has 0 N–H and O–H groups in total. The van der Waals surface area contributed by atoms with Crippen LogP contribution >= 0.6 is 15.9 Å². The van der Waals surface area contributed by atoms with Crippen LogP contribution in [0.25, 0.3) is 0 Å². The molecule has 0 aliphatic heterocycles. The molecular weight excluding hydrogens is 324 g/mol. The van der Waals surface area contributed by atoms with Crippen molar-refractivity contribution in [3.05, 3.63) is 33.8 Å². The predicted octanol–water partition coefficient (Wildman–Crippen LogP) is 3.42. The Labute approximate surface area is 128 Å². The number of halogens is 1. The Morgan fingerprint density at radius 1 is 1.25 bits per heavy atom. The first-order valence-corrected chi connectivity index (χ1v) is 7.36. The number of rotatable bonds is 8. The minimum absolute atomic E-state index is 0.347. The van der Waals surface area contributed by atoms with Crippen molar-refractivity contribution in [2.45, 2.75) is 20.5 Å². The molecule has 1 aromatic rings. The van der Waals surface area contributed by atoms with E-state index in [1.165, 1.54) is 7.11 Å². The minimum Gasteiger partial charge on any atom is -0.465 e. The predicted molar refractivity (Wildman–Crippen MR) is 80.8 cm³/mol. The molecule has 20 heavy (non-hydrogen) atoms. The fourth-order valence-corrected chi connectivity index (χ4v) is 2.02. The molecular formula is C15H21BrO4. The Morgan fingerprint density at radius 3 is 2.55 bits per heavy atom. The van der Waals surface area contributed by atoms with Gasteiger partial charge in [-0.3, -0.25) is 0 Å². The van der Waals surface area contributed by atoms with Crippen LogP contribution in [0.5, 0.6) is 0 Å². The smallest absolute Gasteiger partial charge is 0.337 e. The lowest BCUT2D eigenvalue weighted by atomic mass is 10.1. The maximum absolute atomic E-state index is 11.4. The van der Waals surface area contributed by atoms with Gasteiger partial charge >= 0.3 is 5.97 Å². The number of carbonyl (C=O) groups is 1. The average molecular weight is 345 g/mol. The third-order valence-electron chi connectivity index (χ3n) is 2.55. The van der Waals surface area contributed by atoms with Crippen molar-refractivity contribution in [2.24, 2.45) is 5.92 Å². The number of hydrogen-bond acceptors (Lipinski definition) is 4. The highest BCUT2D eigenvalue weighted by Gasteiger charge is 2.08. The van der Waals surface area contributed by atoms with E-state index in [9.17, 15) is 4.79 Å². The molecule has 0 aliphatic rings. The van der Waals surface area contributed by atoms with Gasteiger partial charge in [0.15, 0.2) is 0 Å². The van der Waals surface area contributed by atoms with E-state index in [2.05, 4.69) is 34.5 Å². The van der Waals surface area contributed by atoms with Gasteiger partial charge < -0.3 is 14.2 Å². The summed E-state index contributed by atoms with van der Waals surface area (Å²) in [7, 11) is 1.37. The third-order valence-corrected chi connectivity index (χ3v) is 3.29. The van der Waals surface area contributed by atoms with Crippen LogP contribution in [0.3, 0.4) is 0 Å². The molecule has 0 spiro atoms. The molecule has 1 rings (SSSR count). The fourth-order valence-electron chi connectivity index (χ4n) is 1.53. The minimum atomic E-state index is -0.347. The van der Waals surface area contributed by atoms with E-state index in [1.807, 2.05) is 6.07 Å². The second kappa shape index (κ2) is 9.10. The van der Waals surface area contributed by atoms with Crippen LogP contribution in [0, 0.1) is 5.92 Å². The number of carbonyl (C=O) groups excluding carboxylic acids is 1. The Morgan fingerprint density at radius 2 is 1.95 bits per heavy atom. The molecule has 1 aromatic carbocycles. The summed E-state index contributed by atoms with van der Waals surface area (Å²) in [5.74, 6) is 0.190. The maximum Gasteiger partial charge on any atom is 0.337 e. The second-order valence-electron chi connectivity index (χ2n) is 4.82. The fraction of sp³-hybridized carbons (Fsp3) is 0.533. The van der Waals surface area contributed by atoms with Gasteiger partial charge in [0, 0.05) is 11.1 Å². The van der Waals surface area contributed by atoms with Gasteiger partial charge in [0.2, 0.25) is 0 Å². The van der Waals surface area contributed by atoms with Crippen LogP contribution in [0.2, 0.25) is 0 Å². The summed E-state index contributed by atoms with van der Waals surface area (Å²) in [6.45, 7) is 6.60. The van der Waals surface area contributed by atoms with Gasteiger partial charge in [-0.15, -0.1) is 0 Å². The van der Waals surface area contributed by atoms with Crippen molar-refractivity contribution in [1.29, 1.82) is 0 Å². The lowest BCUT2D eigenvalue weighted by Crippen LogP contribution is -2.08. The highest BCUT2D eigenvalue weighted by molar-refractivity contribution is 9.10. The van der Waals surface area contributed by atoms with E-state index in [0.717, 1.165) is 16.6 Å². The quantitative estimate of drug-likeness (QED) is 0.535. The SMILES string of the molecule is COC(=O)c1ccc(COCCOCC(C)C)c(Br)c1. The Balaban J connectivity index is 2.36. The lowest BCUT2D eigenvalue weighted by molar-refractivity contribution is 0.0313. The van der Waals surface area contributed by atoms with Gasteiger partial charge in [-0.05, 0) is 23.6 Å². The number of esters is 1. The normalized spacial score (nSPS) is 10.8. The van der Waals surface area contributed by atoms with Gasteiger partial charge in [0.25, 0.3) is 0 Å². The first kappa shape index (κ1) is 17.1. The van der Waals surface area contributed by atoms with E-state index >= 15 is 0 Å². The number of hydrogen-bond donors (Lipinski definition) is 0. The lowest BCUT2D eigenvalue weighted by Gasteiger charge is -2.09. The molecule has 0 amide bonds. The Kier molecular flexibility index (Phi) is 7.80. The largest absolute Gasteiger partial charge is 0.465 e. The Bertz CT molecular complexity index is 432. The van der Waals surface area contributed by atoms with Crippen molar-refractivity contribution in [1.82, 2.24) is 0 Å². The van der Waals surface area contributed by atoms with Crippen LogP contribution in [-0.2, 0) is 20.8 Å². The van der Waals surface area contributed by atoms with Crippen molar-refractivity contribution >= 4 is 21.9 Å². The standard InChI is InChI=1S/C15H21BrO4/c1-11(2)9-19-6-7-20-10-13-5-4-12(8-14(13)16)15(17)18-3/h4-5,8,11H,6-7,9-10H2,1-3H3. The van der Waals surface area contributed by atoms with Crippen LogP contribution < -0.4 is 0 Å². The third kappa shape index (κ3) is 6.03. The van der Waals surface area contributed by atoms with Crippen LogP contribution in [0.15, 0.2) is 22.7 Å². The molecule has 0 radical (unpaired) electrons. The van der Waals surface area contributed by atoms with Gasteiger partial charge in [0.1, 0.15) is 0 Å². The molecule has 0 fully saturated rings. The van der Waals surface area contributed by atoms with Crippen molar-refractivity contribution in [3.8, 4) is 0 Å². The summed E-state index contributed by atoms with van der Waals surface area (Å²) >= 11 is 3.43. The number of ether oxygens (including phenoxy) is 3. The summed E-state index contributed by atoms with van der Waals surface area (Å²) < 4.78 is 16.5. The first-order valence-electron chi connectivity index (χ1n) is 6.56. The van der Waals surface area contributed by atoms with Gasteiger partial charge in [-0.2, -0.15) is 0 Å². The molecule has 0 bridgehead atoms. The van der Waals surface area contributed by atoms with E-state index in [0.29, 0.717) is 31.3 Å². The molecule has 0 atom stereocenters.